The summed E-state index contributed by atoms with van der Waals surface area (Å²) in [5.74, 6) is 0.439. The van der Waals surface area contributed by atoms with E-state index >= 15 is 0 Å². The van der Waals surface area contributed by atoms with E-state index in [1.54, 1.807) is 0 Å². The summed E-state index contributed by atoms with van der Waals surface area (Å²) >= 11 is 5.65. The second-order valence-corrected chi connectivity index (χ2v) is 4.87. The van der Waals surface area contributed by atoms with Gasteiger partial charge in [-0.1, -0.05) is 0 Å². The van der Waals surface area contributed by atoms with Crippen LogP contribution in [0.25, 0.3) is 10.9 Å². The normalized spacial score (nSPS) is 10.5. The van der Waals surface area contributed by atoms with E-state index in [0.29, 0.717) is 11.4 Å². The lowest BCUT2D eigenvalue weighted by Crippen LogP contribution is -1.96. The van der Waals surface area contributed by atoms with E-state index in [0.717, 1.165) is 19.1 Å². The Kier molecular flexibility index (Phi) is 2.60. The lowest BCUT2D eigenvalue weighted by Gasteiger charge is -2.00. The van der Waals surface area contributed by atoms with Crippen molar-refractivity contribution in [3.63, 3.8) is 0 Å². The van der Waals surface area contributed by atoms with E-state index in [2.05, 4.69) is 49.6 Å². The van der Waals surface area contributed by atoms with Gasteiger partial charge in [0.1, 0.15) is 11.9 Å². The topological polar surface area (TPSA) is 67.6 Å². The van der Waals surface area contributed by atoms with Crippen LogP contribution in [0.15, 0.2) is 10.7 Å². The Morgan fingerprint density at radius 3 is 2.93 bits per heavy atom. The number of nitriles is 1. The Morgan fingerprint density at radius 2 is 2.33 bits per heavy atom. The van der Waals surface area contributed by atoms with Crippen LogP contribution in [0.1, 0.15) is 5.56 Å². The van der Waals surface area contributed by atoms with Crippen molar-refractivity contribution in [2.24, 2.45) is 7.05 Å². The van der Waals surface area contributed by atoms with E-state index in [1.165, 1.54) is 6.20 Å². The van der Waals surface area contributed by atoms with Gasteiger partial charge in [-0.25, -0.2) is 4.98 Å². The molecule has 0 atom stereocenters. The number of pyridine rings is 1. The molecule has 0 aliphatic rings. The molecule has 0 bridgehead atoms. The Bertz CT molecular complexity index is 596. The first-order valence-corrected chi connectivity index (χ1v) is 5.93. The second-order valence-electron chi connectivity index (χ2n) is 3.06. The number of hydrogen-bond donors (Lipinski definition) is 1. The standard InChI is InChI=1S/C9H6BrIN4/c1-15-7-4(2-12)3-14-9(13)5(7)6(10)8(15)11/h3H,1H3,(H2,13,14). The molecule has 0 saturated carbocycles. The molecule has 2 rings (SSSR count). The Balaban J connectivity index is 3.09. The fourth-order valence-electron chi connectivity index (χ4n) is 1.51. The second kappa shape index (κ2) is 3.64. The first-order valence-electron chi connectivity index (χ1n) is 4.06. The molecule has 2 N–H and O–H groups in total. The third-order valence-electron chi connectivity index (χ3n) is 2.23. The third kappa shape index (κ3) is 1.41. The summed E-state index contributed by atoms with van der Waals surface area (Å²) in [6, 6.07) is 2.12. The van der Waals surface area contributed by atoms with Gasteiger partial charge in [0, 0.05) is 13.2 Å². The van der Waals surface area contributed by atoms with Gasteiger partial charge in [0.2, 0.25) is 0 Å². The van der Waals surface area contributed by atoms with Crippen molar-refractivity contribution < 1.29 is 0 Å². The molecule has 0 spiro atoms. The van der Waals surface area contributed by atoms with Crippen molar-refractivity contribution in [1.82, 2.24) is 9.55 Å². The van der Waals surface area contributed by atoms with Gasteiger partial charge in [-0.2, -0.15) is 5.26 Å². The lowest BCUT2D eigenvalue weighted by molar-refractivity contribution is 0.932. The van der Waals surface area contributed by atoms with Crippen LogP contribution in [0.3, 0.4) is 0 Å². The minimum absolute atomic E-state index is 0.439. The number of aryl methyl sites for hydroxylation is 1. The van der Waals surface area contributed by atoms with Crippen LogP contribution in [-0.4, -0.2) is 9.55 Å². The Labute approximate surface area is 108 Å². The molecule has 0 aliphatic heterocycles. The van der Waals surface area contributed by atoms with Gasteiger partial charge in [-0.3, -0.25) is 0 Å². The smallest absolute Gasteiger partial charge is 0.134 e. The summed E-state index contributed by atoms with van der Waals surface area (Å²) in [5, 5.41) is 9.80. The maximum Gasteiger partial charge on any atom is 0.134 e. The van der Waals surface area contributed by atoms with E-state index < -0.39 is 0 Å². The molecule has 0 aliphatic carbocycles. The monoisotopic (exact) mass is 376 g/mol. The minimum atomic E-state index is 0.439. The summed E-state index contributed by atoms with van der Waals surface area (Å²) in [6.45, 7) is 0. The minimum Gasteiger partial charge on any atom is -0.383 e. The number of rotatable bonds is 0. The van der Waals surface area contributed by atoms with E-state index in [1.807, 2.05) is 11.6 Å². The van der Waals surface area contributed by atoms with Crippen LogP contribution < -0.4 is 5.73 Å². The zero-order valence-electron chi connectivity index (χ0n) is 7.75. The van der Waals surface area contributed by atoms with Crippen molar-refractivity contribution >= 4 is 55.2 Å². The number of halogens is 2. The fourth-order valence-corrected chi connectivity index (χ4v) is 2.68. The summed E-state index contributed by atoms with van der Waals surface area (Å²) in [6.07, 6.45) is 1.50. The third-order valence-corrected chi connectivity index (χ3v) is 5.01. The van der Waals surface area contributed by atoms with Gasteiger partial charge in [-0.15, -0.1) is 0 Å². The average Bonchev–Trinajstić information content (AvgIpc) is 2.46. The lowest BCUT2D eigenvalue weighted by atomic mass is 10.2. The van der Waals surface area contributed by atoms with Gasteiger partial charge >= 0.3 is 0 Å². The number of anilines is 1. The van der Waals surface area contributed by atoms with Crippen LogP contribution in [0.4, 0.5) is 5.82 Å². The van der Waals surface area contributed by atoms with Gasteiger partial charge in [0.15, 0.2) is 0 Å². The molecular formula is C9H6BrIN4. The SMILES string of the molecule is Cn1c(I)c(Br)c2c(N)ncc(C#N)c21. The predicted octanol–water partition coefficient (Wildman–Crippen LogP) is 2.39. The molecule has 2 aromatic heterocycles. The largest absolute Gasteiger partial charge is 0.383 e. The quantitative estimate of drug-likeness (QED) is 0.718. The van der Waals surface area contributed by atoms with Crippen LogP contribution in [0.5, 0.6) is 0 Å². The number of nitrogens with two attached hydrogens (primary N) is 1. The van der Waals surface area contributed by atoms with E-state index in [4.69, 9.17) is 11.0 Å². The van der Waals surface area contributed by atoms with Gasteiger partial charge in [0.05, 0.1) is 24.6 Å². The average molecular weight is 377 g/mol. The molecule has 2 heterocycles. The Morgan fingerprint density at radius 1 is 1.67 bits per heavy atom. The zero-order chi connectivity index (χ0) is 11.2. The maximum absolute atomic E-state index is 8.99. The first kappa shape index (κ1) is 10.7. The number of fused-ring (bicyclic) bond motifs is 1. The van der Waals surface area contributed by atoms with Crippen molar-refractivity contribution in [3.05, 3.63) is 19.9 Å². The molecule has 0 fully saturated rings. The number of aromatic nitrogens is 2. The number of nitrogens with zero attached hydrogens (tertiary/aromatic N) is 3. The summed E-state index contributed by atoms with van der Waals surface area (Å²) < 4.78 is 3.82. The highest BCUT2D eigenvalue weighted by molar-refractivity contribution is 14.1. The maximum atomic E-state index is 8.99. The predicted molar refractivity (Wildman–Crippen MR) is 70.3 cm³/mol. The molecule has 15 heavy (non-hydrogen) atoms. The molecular weight excluding hydrogens is 371 g/mol. The molecule has 0 radical (unpaired) electrons. The summed E-state index contributed by atoms with van der Waals surface area (Å²) in [4.78, 5) is 4.00. The molecule has 2 aromatic rings. The fraction of sp³-hybridized carbons (Fsp3) is 0.111. The Hall–Kier alpha value is -0.810. The van der Waals surface area contributed by atoms with Crippen LogP contribution in [0, 0.1) is 15.0 Å². The van der Waals surface area contributed by atoms with Crippen molar-refractivity contribution in [1.29, 1.82) is 5.26 Å². The van der Waals surface area contributed by atoms with Crippen LogP contribution >= 0.6 is 38.5 Å². The molecule has 4 nitrogen and oxygen atoms in total. The van der Waals surface area contributed by atoms with Crippen LogP contribution in [-0.2, 0) is 7.05 Å². The molecule has 0 unspecified atom stereocenters. The van der Waals surface area contributed by atoms with Gasteiger partial charge in [0.25, 0.3) is 0 Å². The van der Waals surface area contributed by atoms with E-state index in [-0.39, 0.29) is 0 Å². The number of hydrogen-bond acceptors (Lipinski definition) is 3. The zero-order valence-corrected chi connectivity index (χ0v) is 11.5. The summed E-state index contributed by atoms with van der Waals surface area (Å²) in [5.41, 5.74) is 7.15. The van der Waals surface area contributed by atoms with Crippen molar-refractivity contribution in [2.75, 3.05) is 5.73 Å². The first-order chi connectivity index (χ1) is 7.07. The molecule has 0 aromatic carbocycles. The van der Waals surface area contributed by atoms with E-state index in [9.17, 15) is 0 Å². The van der Waals surface area contributed by atoms with Gasteiger partial charge in [-0.05, 0) is 38.5 Å². The molecule has 6 heteroatoms. The highest BCUT2D eigenvalue weighted by Crippen LogP contribution is 2.35. The molecule has 0 saturated heterocycles. The molecule has 76 valence electrons. The van der Waals surface area contributed by atoms with Gasteiger partial charge < -0.3 is 10.3 Å². The highest BCUT2D eigenvalue weighted by atomic mass is 127. The summed E-state index contributed by atoms with van der Waals surface area (Å²) in [7, 11) is 1.90. The van der Waals surface area contributed by atoms with Crippen LogP contribution in [0.2, 0.25) is 0 Å². The molecule has 0 amide bonds. The van der Waals surface area contributed by atoms with Crippen molar-refractivity contribution in [2.45, 2.75) is 0 Å². The number of nitrogen functional groups attached to an aromatic ring is 1. The highest BCUT2D eigenvalue weighted by Gasteiger charge is 2.17. The van der Waals surface area contributed by atoms with Crippen molar-refractivity contribution in [3.8, 4) is 6.07 Å².